The molecular weight excluding hydrogens is 601 g/mol. The van der Waals surface area contributed by atoms with Gasteiger partial charge in [-0.2, -0.15) is 0 Å². The van der Waals surface area contributed by atoms with Gasteiger partial charge in [-0.05, 0) is 64.7 Å². The van der Waals surface area contributed by atoms with E-state index < -0.39 is 0 Å². The third-order valence-corrected chi connectivity index (χ3v) is 12.1. The van der Waals surface area contributed by atoms with Gasteiger partial charge in [-0.1, -0.05) is 117 Å². The van der Waals surface area contributed by atoms with Gasteiger partial charge in [0.15, 0.2) is 0 Å². The van der Waals surface area contributed by atoms with E-state index in [1.54, 1.807) is 0 Å². The van der Waals surface area contributed by atoms with E-state index in [0.717, 1.165) is 0 Å². The molecule has 0 spiro atoms. The van der Waals surface area contributed by atoms with Crippen molar-refractivity contribution in [2.45, 2.75) is 19.3 Å². The summed E-state index contributed by atoms with van der Waals surface area (Å²) in [6.07, 6.45) is 0. The molecule has 0 atom stereocenters. The lowest BCUT2D eigenvalue weighted by Crippen LogP contribution is -2.15. The number of hydrogen-bond donors (Lipinski definition) is 0. The number of fused-ring (bicyclic) bond motifs is 13. The van der Waals surface area contributed by atoms with Gasteiger partial charge in [0.05, 0.1) is 32.5 Å². The Labute approximate surface area is 281 Å². The summed E-state index contributed by atoms with van der Waals surface area (Å²) in [6.45, 7) is 4.74. The van der Waals surface area contributed by atoms with E-state index in [9.17, 15) is 0 Å². The molecule has 0 N–H and O–H groups in total. The third kappa shape index (κ3) is 3.27. The van der Waals surface area contributed by atoms with E-state index in [1.807, 2.05) is 11.3 Å². The maximum atomic E-state index is 2.53. The molecule has 48 heavy (non-hydrogen) atoms. The van der Waals surface area contributed by atoms with E-state index in [-0.39, 0.29) is 5.41 Å². The van der Waals surface area contributed by atoms with Crippen LogP contribution in [0.5, 0.6) is 0 Å². The van der Waals surface area contributed by atoms with E-state index in [2.05, 4.69) is 169 Å². The lowest BCUT2D eigenvalue weighted by molar-refractivity contribution is 0.660. The quantitative estimate of drug-likeness (QED) is 0.180. The molecule has 0 radical (unpaired) electrons. The molecule has 0 unspecified atom stereocenters. The molecule has 0 amide bonds. The monoisotopic (exact) mass is 630 g/mol. The highest BCUT2D eigenvalue weighted by Gasteiger charge is 2.35. The third-order valence-electron chi connectivity index (χ3n) is 10.9. The van der Waals surface area contributed by atoms with Gasteiger partial charge < -0.3 is 9.13 Å². The first kappa shape index (κ1) is 26.4. The molecule has 226 valence electrons. The van der Waals surface area contributed by atoms with Crippen molar-refractivity contribution in [1.82, 2.24) is 9.13 Å². The van der Waals surface area contributed by atoms with Gasteiger partial charge in [0.25, 0.3) is 0 Å². The molecule has 3 aromatic heterocycles. The fraction of sp³-hybridized carbons (Fsp3) is 0.0667. The average molecular weight is 631 g/mol. The molecule has 0 saturated heterocycles. The largest absolute Gasteiger partial charge is 0.309 e. The van der Waals surface area contributed by atoms with Crippen molar-refractivity contribution in [1.29, 1.82) is 0 Å². The summed E-state index contributed by atoms with van der Waals surface area (Å²) in [5.74, 6) is 0. The van der Waals surface area contributed by atoms with Crippen LogP contribution in [0.3, 0.4) is 0 Å². The zero-order valence-electron chi connectivity index (χ0n) is 26.7. The number of aromatic nitrogens is 2. The van der Waals surface area contributed by atoms with Crippen LogP contribution in [0.1, 0.15) is 25.0 Å². The first-order valence-corrected chi connectivity index (χ1v) is 17.5. The number of benzene rings is 7. The maximum Gasteiger partial charge on any atom is 0.0641 e. The molecule has 0 fully saturated rings. The highest BCUT2D eigenvalue weighted by atomic mass is 32.1. The van der Waals surface area contributed by atoms with Crippen LogP contribution < -0.4 is 0 Å². The molecule has 0 saturated carbocycles. The van der Waals surface area contributed by atoms with Crippen molar-refractivity contribution in [3.05, 3.63) is 157 Å². The first-order chi connectivity index (χ1) is 23.6. The minimum atomic E-state index is -0.0744. The second-order valence-corrected chi connectivity index (χ2v) is 14.8. The van der Waals surface area contributed by atoms with Gasteiger partial charge in [-0.25, -0.2) is 0 Å². The van der Waals surface area contributed by atoms with Crippen molar-refractivity contribution in [2.24, 2.45) is 0 Å². The molecule has 1 aliphatic carbocycles. The second kappa shape index (κ2) is 9.25. The summed E-state index contributed by atoms with van der Waals surface area (Å²) < 4.78 is 7.68. The van der Waals surface area contributed by atoms with Crippen LogP contribution in [-0.4, -0.2) is 9.13 Å². The Morgan fingerprint density at radius 2 is 1.17 bits per heavy atom. The summed E-state index contributed by atoms with van der Waals surface area (Å²) in [5.41, 5.74) is 12.8. The van der Waals surface area contributed by atoms with Gasteiger partial charge in [0.1, 0.15) is 0 Å². The van der Waals surface area contributed by atoms with E-state index in [0.29, 0.717) is 0 Å². The fourth-order valence-corrected chi connectivity index (χ4v) is 9.98. The Hall–Kier alpha value is -5.64. The standard InChI is InChI=1S/C45H30N2S/c1-45(2)35-17-7-3-12-28(35)29-23-22-27(26-36(29)45)46-37-18-8-4-13-30(37)32-24-25-39-42(43(32)46)34-15-5-9-19-38(34)47(39)40-20-11-16-33-31-14-6-10-21-41(31)48-44(33)40/h3-26H,1-2H3. The fourth-order valence-electron chi connectivity index (χ4n) is 8.78. The van der Waals surface area contributed by atoms with Crippen molar-refractivity contribution in [3.63, 3.8) is 0 Å². The lowest BCUT2D eigenvalue weighted by Gasteiger charge is -2.22. The molecule has 3 heterocycles. The van der Waals surface area contributed by atoms with Crippen LogP contribution in [0.2, 0.25) is 0 Å². The summed E-state index contributed by atoms with van der Waals surface area (Å²) in [4.78, 5) is 0. The molecule has 2 nitrogen and oxygen atoms in total. The van der Waals surface area contributed by atoms with Crippen LogP contribution in [-0.2, 0) is 5.41 Å². The Bertz CT molecular complexity index is 2980. The summed E-state index contributed by atoms with van der Waals surface area (Å²) >= 11 is 1.89. The van der Waals surface area contributed by atoms with Crippen molar-refractivity contribution >= 4 is 75.1 Å². The Kier molecular flexibility index (Phi) is 5.09. The van der Waals surface area contributed by atoms with Crippen molar-refractivity contribution < 1.29 is 0 Å². The first-order valence-electron chi connectivity index (χ1n) is 16.7. The number of rotatable bonds is 2. The van der Waals surface area contributed by atoms with E-state index in [4.69, 9.17) is 0 Å². The Morgan fingerprint density at radius 1 is 0.479 bits per heavy atom. The Morgan fingerprint density at radius 3 is 2.04 bits per heavy atom. The number of nitrogens with zero attached hydrogens (tertiary/aromatic N) is 2. The second-order valence-electron chi connectivity index (χ2n) is 13.7. The molecule has 11 rings (SSSR count). The van der Waals surface area contributed by atoms with E-state index >= 15 is 0 Å². The molecule has 1 aliphatic rings. The molecule has 0 aliphatic heterocycles. The molecule has 0 bridgehead atoms. The normalized spacial score (nSPS) is 13.8. The predicted octanol–water partition coefficient (Wildman–Crippen LogP) is 12.6. The van der Waals surface area contributed by atoms with Gasteiger partial charge in [-0.3, -0.25) is 0 Å². The maximum absolute atomic E-state index is 2.53. The van der Waals surface area contributed by atoms with Crippen LogP contribution >= 0.6 is 11.3 Å². The van der Waals surface area contributed by atoms with Crippen molar-refractivity contribution in [3.8, 4) is 22.5 Å². The number of hydrogen-bond acceptors (Lipinski definition) is 1. The van der Waals surface area contributed by atoms with E-state index in [1.165, 1.54) is 97.4 Å². The SMILES string of the molecule is CC1(C)c2ccccc2-c2ccc(-n3c4ccccc4c4ccc5c(c6ccccc6n5-c5cccc6c5sc5ccccc56)c43)cc21. The summed E-state index contributed by atoms with van der Waals surface area (Å²) in [6, 6.07) is 54.2. The highest BCUT2D eigenvalue weighted by molar-refractivity contribution is 7.26. The molecular formula is C45H30N2S. The minimum Gasteiger partial charge on any atom is -0.309 e. The zero-order chi connectivity index (χ0) is 31.7. The molecule has 3 heteroatoms. The number of para-hydroxylation sites is 2. The van der Waals surface area contributed by atoms with Gasteiger partial charge >= 0.3 is 0 Å². The lowest BCUT2D eigenvalue weighted by atomic mass is 9.82. The predicted molar refractivity (Wildman–Crippen MR) is 206 cm³/mol. The molecule has 7 aromatic carbocycles. The average Bonchev–Trinajstić information content (AvgIpc) is 3.84. The van der Waals surface area contributed by atoms with Crippen LogP contribution in [0.4, 0.5) is 0 Å². The van der Waals surface area contributed by atoms with Crippen LogP contribution in [0.15, 0.2) is 146 Å². The summed E-state index contributed by atoms with van der Waals surface area (Å²) in [5, 5.41) is 7.76. The van der Waals surface area contributed by atoms with Crippen LogP contribution in [0, 0.1) is 0 Å². The Balaban J connectivity index is 1.28. The van der Waals surface area contributed by atoms with Crippen molar-refractivity contribution in [2.75, 3.05) is 0 Å². The highest BCUT2D eigenvalue weighted by Crippen LogP contribution is 2.50. The minimum absolute atomic E-state index is 0.0744. The number of thiophene rings is 1. The van der Waals surface area contributed by atoms with Crippen LogP contribution in [0.25, 0.3) is 86.3 Å². The van der Waals surface area contributed by atoms with Gasteiger partial charge in [-0.15, -0.1) is 11.3 Å². The molecule has 10 aromatic rings. The summed E-state index contributed by atoms with van der Waals surface area (Å²) in [7, 11) is 0. The zero-order valence-corrected chi connectivity index (χ0v) is 27.5. The van der Waals surface area contributed by atoms with Gasteiger partial charge in [0, 0.05) is 48.1 Å². The topological polar surface area (TPSA) is 9.86 Å². The smallest absolute Gasteiger partial charge is 0.0641 e. The van der Waals surface area contributed by atoms with Gasteiger partial charge in [0.2, 0.25) is 0 Å².